The fourth-order valence-corrected chi connectivity index (χ4v) is 4.09. The molecular weight excluding hydrogens is 394 g/mol. The fourth-order valence-electron chi connectivity index (χ4n) is 4.09. The largest absolute Gasteiger partial charge is 0.497 e. The lowest BCUT2D eigenvalue weighted by molar-refractivity contribution is -0.138. The average Bonchev–Trinajstić information content (AvgIpc) is 3.07. The summed E-state index contributed by atoms with van der Waals surface area (Å²) in [6, 6.07) is 17.5. The molecule has 2 aliphatic heterocycles. The molecule has 31 heavy (non-hydrogen) atoms. The lowest BCUT2D eigenvalue weighted by Crippen LogP contribution is -2.47. The monoisotopic (exact) mass is 421 g/mol. The van der Waals surface area contributed by atoms with Gasteiger partial charge in [0, 0.05) is 39.0 Å². The number of methoxy groups -OCH3 is 2. The van der Waals surface area contributed by atoms with Crippen LogP contribution in [0.5, 0.6) is 5.75 Å². The van der Waals surface area contributed by atoms with Gasteiger partial charge in [-0.25, -0.2) is 0 Å². The molecule has 0 atom stereocenters. The van der Waals surface area contributed by atoms with Gasteiger partial charge < -0.3 is 19.3 Å². The van der Waals surface area contributed by atoms with Crippen molar-refractivity contribution in [3.8, 4) is 5.75 Å². The van der Waals surface area contributed by atoms with E-state index in [2.05, 4.69) is 17.0 Å². The Bertz CT molecular complexity index is 964. The van der Waals surface area contributed by atoms with Gasteiger partial charge in [0.2, 0.25) is 0 Å². The van der Waals surface area contributed by atoms with Crippen molar-refractivity contribution in [2.75, 3.05) is 58.5 Å². The standard InChI is InChI=1S/C24H27N3O4/c1-30-17-16-27-23(28)21(18-8-10-20(31-2)11-9-18)22(24(27)29)26-14-12-25(13-15-26)19-6-4-3-5-7-19/h3-11H,12-17H2,1-2H3. The highest BCUT2D eigenvalue weighted by Crippen LogP contribution is 2.33. The van der Waals surface area contributed by atoms with E-state index >= 15 is 0 Å². The normalized spacial score (nSPS) is 17.0. The maximum atomic E-state index is 13.3. The summed E-state index contributed by atoms with van der Waals surface area (Å²) in [6.07, 6.45) is 0. The van der Waals surface area contributed by atoms with Gasteiger partial charge in [0.25, 0.3) is 11.8 Å². The Balaban J connectivity index is 1.62. The number of hydrogen-bond donors (Lipinski definition) is 0. The molecule has 0 aromatic heterocycles. The Kier molecular flexibility index (Phi) is 6.23. The first kappa shape index (κ1) is 20.9. The third-order valence-electron chi connectivity index (χ3n) is 5.76. The van der Waals surface area contributed by atoms with Crippen LogP contribution in [0.1, 0.15) is 5.56 Å². The van der Waals surface area contributed by atoms with Crippen LogP contribution in [0, 0.1) is 0 Å². The first-order valence-electron chi connectivity index (χ1n) is 10.4. The molecule has 0 aliphatic carbocycles. The van der Waals surface area contributed by atoms with Gasteiger partial charge in [-0.3, -0.25) is 14.5 Å². The summed E-state index contributed by atoms with van der Waals surface area (Å²) in [5, 5.41) is 0. The third-order valence-corrected chi connectivity index (χ3v) is 5.76. The zero-order valence-corrected chi connectivity index (χ0v) is 17.9. The molecule has 2 heterocycles. The quantitative estimate of drug-likeness (QED) is 0.639. The summed E-state index contributed by atoms with van der Waals surface area (Å²) in [5.74, 6) is 0.184. The minimum atomic E-state index is -0.271. The number of imide groups is 1. The lowest BCUT2D eigenvalue weighted by Gasteiger charge is -2.37. The average molecular weight is 421 g/mol. The van der Waals surface area contributed by atoms with Crippen molar-refractivity contribution in [1.29, 1.82) is 0 Å². The van der Waals surface area contributed by atoms with E-state index in [-0.39, 0.29) is 18.4 Å². The van der Waals surface area contributed by atoms with Gasteiger partial charge in [-0.2, -0.15) is 0 Å². The number of nitrogens with zero attached hydrogens (tertiary/aromatic N) is 3. The lowest BCUT2D eigenvalue weighted by atomic mass is 10.0. The van der Waals surface area contributed by atoms with E-state index in [4.69, 9.17) is 9.47 Å². The van der Waals surface area contributed by atoms with E-state index in [9.17, 15) is 9.59 Å². The van der Waals surface area contributed by atoms with Crippen molar-refractivity contribution in [3.05, 3.63) is 65.9 Å². The molecular formula is C24H27N3O4. The number of hydrogen-bond acceptors (Lipinski definition) is 6. The molecule has 1 saturated heterocycles. The SMILES string of the molecule is COCCN1C(=O)C(c2ccc(OC)cc2)=C(N2CCN(c3ccccc3)CC2)C1=O. The first-order chi connectivity index (χ1) is 15.1. The summed E-state index contributed by atoms with van der Waals surface area (Å²) >= 11 is 0. The minimum absolute atomic E-state index is 0.237. The number of rotatable bonds is 7. The predicted molar refractivity (Wildman–Crippen MR) is 119 cm³/mol. The van der Waals surface area contributed by atoms with E-state index in [0.29, 0.717) is 36.7 Å². The van der Waals surface area contributed by atoms with Gasteiger partial charge in [0.1, 0.15) is 11.4 Å². The number of ether oxygens (including phenoxy) is 2. The summed E-state index contributed by atoms with van der Waals surface area (Å²) in [7, 11) is 3.16. The predicted octanol–water partition coefficient (Wildman–Crippen LogP) is 2.24. The Morgan fingerprint density at radius 1 is 0.806 bits per heavy atom. The number of piperazine rings is 1. The van der Waals surface area contributed by atoms with Crippen LogP contribution in [0.3, 0.4) is 0 Å². The summed E-state index contributed by atoms with van der Waals surface area (Å²) in [5.41, 5.74) is 2.83. The molecule has 0 radical (unpaired) electrons. The zero-order chi connectivity index (χ0) is 21.8. The van der Waals surface area contributed by atoms with Crippen molar-refractivity contribution in [2.45, 2.75) is 0 Å². The van der Waals surface area contributed by atoms with E-state index in [1.54, 1.807) is 14.2 Å². The van der Waals surface area contributed by atoms with Crippen LogP contribution in [0.15, 0.2) is 60.3 Å². The van der Waals surface area contributed by atoms with Crippen LogP contribution in [0.4, 0.5) is 5.69 Å². The number of para-hydroxylation sites is 1. The molecule has 0 N–H and O–H groups in total. The Labute approximate surface area is 182 Å². The van der Waals surface area contributed by atoms with Crippen molar-refractivity contribution in [2.24, 2.45) is 0 Å². The highest BCUT2D eigenvalue weighted by molar-refractivity contribution is 6.35. The molecule has 1 fully saturated rings. The van der Waals surface area contributed by atoms with Gasteiger partial charge >= 0.3 is 0 Å². The van der Waals surface area contributed by atoms with Crippen LogP contribution in [-0.4, -0.2) is 75.2 Å². The van der Waals surface area contributed by atoms with Crippen molar-refractivity contribution < 1.29 is 19.1 Å². The number of amides is 2. The number of carbonyl (C=O) groups excluding carboxylic acids is 2. The van der Waals surface area contributed by atoms with Gasteiger partial charge in [-0.15, -0.1) is 0 Å². The Morgan fingerprint density at radius 3 is 2.06 bits per heavy atom. The highest BCUT2D eigenvalue weighted by atomic mass is 16.5. The molecule has 0 saturated carbocycles. The Hall–Kier alpha value is -3.32. The smallest absolute Gasteiger partial charge is 0.277 e. The topological polar surface area (TPSA) is 62.3 Å². The van der Waals surface area contributed by atoms with Crippen LogP contribution < -0.4 is 9.64 Å². The molecule has 2 aromatic rings. The van der Waals surface area contributed by atoms with Crippen molar-refractivity contribution in [1.82, 2.24) is 9.80 Å². The van der Waals surface area contributed by atoms with E-state index in [0.717, 1.165) is 18.7 Å². The van der Waals surface area contributed by atoms with Crippen molar-refractivity contribution in [3.63, 3.8) is 0 Å². The summed E-state index contributed by atoms with van der Waals surface area (Å²) in [4.78, 5) is 32.2. The van der Waals surface area contributed by atoms with Gasteiger partial charge in [0.05, 0.1) is 25.8 Å². The van der Waals surface area contributed by atoms with Crippen LogP contribution >= 0.6 is 0 Å². The van der Waals surface area contributed by atoms with Crippen molar-refractivity contribution >= 4 is 23.1 Å². The summed E-state index contributed by atoms with van der Waals surface area (Å²) < 4.78 is 10.4. The second-order valence-electron chi connectivity index (χ2n) is 7.52. The third kappa shape index (κ3) is 4.14. The second kappa shape index (κ2) is 9.22. The van der Waals surface area contributed by atoms with Gasteiger partial charge in [-0.05, 0) is 29.8 Å². The van der Waals surface area contributed by atoms with Gasteiger partial charge in [0.15, 0.2) is 0 Å². The highest BCUT2D eigenvalue weighted by Gasteiger charge is 2.41. The Morgan fingerprint density at radius 2 is 1.45 bits per heavy atom. The second-order valence-corrected chi connectivity index (χ2v) is 7.52. The molecule has 0 spiro atoms. The summed E-state index contributed by atoms with van der Waals surface area (Å²) in [6.45, 7) is 3.44. The molecule has 162 valence electrons. The van der Waals surface area contributed by atoms with Crippen LogP contribution in [0.25, 0.3) is 5.57 Å². The maximum Gasteiger partial charge on any atom is 0.277 e. The molecule has 2 aliphatic rings. The molecule has 0 unspecified atom stereocenters. The maximum absolute atomic E-state index is 13.3. The molecule has 7 nitrogen and oxygen atoms in total. The number of anilines is 1. The number of carbonyl (C=O) groups is 2. The zero-order valence-electron chi connectivity index (χ0n) is 17.9. The number of benzene rings is 2. The van der Waals surface area contributed by atoms with E-state index in [1.807, 2.05) is 47.4 Å². The fraction of sp³-hybridized carbons (Fsp3) is 0.333. The first-order valence-corrected chi connectivity index (χ1v) is 10.4. The molecule has 2 aromatic carbocycles. The molecule has 2 amide bonds. The van der Waals surface area contributed by atoms with E-state index < -0.39 is 0 Å². The molecule has 7 heteroatoms. The molecule has 0 bridgehead atoms. The van der Waals surface area contributed by atoms with Gasteiger partial charge in [-0.1, -0.05) is 30.3 Å². The van der Waals surface area contributed by atoms with Crippen LogP contribution in [0.2, 0.25) is 0 Å². The molecule has 4 rings (SSSR count). The van der Waals surface area contributed by atoms with Crippen LogP contribution in [-0.2, 0) is 14.3 Å². The van der Waals surface area contributed by atoms with E-state index in [1.165, 1.54) is 10.6 Å². The minimum Gasteiger partial charge on any atom is -0.497 e.